The number of morpholine rings is 1. The molecule has 0 radical (unpaired) electrons. The number of rotatable bonds is 7. The summed E-state index contributed by atoms with van der Waals surface area (Å²) in [6, 6.07) is 11.9. The van der Waals surface area contributed by atoms with Gasteiger partial charge >= 0.3 is 0 Å². The minimum atomic E-state index is 0.0295. The van der Waals surface area contributed by atoms with E-state index in [1.165, 1.54) is 11.8 Å². The second kappa shape index (κ2) is 9.71. The van der Waals surface area contributed by atoms with Gasteiger partial charge in [-0.3, -0.25) is 13.9 Å². The molecule has 35 heavy (non-hydrogen) atoms. The van der Waals surface area contributed by atoms with Gasteiger partial charge in [0.05, 0.1) is 24.7 Å². The summed E-state index contributed by atoms with van der Waals surface area (Å²) in [6.45, 7) is 10.6. The molecule has 10 heteroatoms. The normalized spacial score (nSPS) is 14.0. The van der Waals surface area contributed by atoms with E-state index in [9.17, 15) is 4.79 Å². The molecule has 1 aliphatic heterocycles. The van der Waals surface area contributed by atoms with E-state index < -0.39 is 0 Å². The predicted octanol–water partition coefficient (Wildman–Crippen LogP) is 4.09. The number of ether oxygens (including phenoxy) is 1. The highest BCUT2D eigenvalue weighted by Gasteiger charge is 2.24. The van der Waals surface area contributed by atoms with Gasteiger partial charge in [-0.1, -0.05) is 35.1 Å². The number of para-hydroxylation sites is 1. The molecule has 0 saturated carbocycles. The third-order valence-corrected chi connectivity index (χ3v) is 7.10. The molecule has 0 bridgehead atoms. The standard InChI is InChI=1S/C25H28N6O3S/c1-16-7-5-6-8-21(16)31-24(29-9-11-33-12-10-29)26-27-25(31)35-15-22(32)20-13-17(2)30(19(20)4)23-14-18(3)34-28-23/h5-8,13-14H,9-12,15H2,1-4H3. The molecule has 1 aromatic carbocycles. The van der Waals surface area contributed by atoms with Crippen molar-refractivity contribution >= 4 is 23.5 Å². The minimum Gasteiger partial charge on any atom is -0.378 e. The second-order valence-electron chi connectivity index (χ2n) is 8.63. The third kappa shape index (κ3) is 4.51. The lowest BCUT2D eigenvalue weighted by atomic mass is 10.2. The lowest BCUT2D eigenvalue weighted by molar-refractivity contribution is 0.102. The van der Waals surface area contributed by atoms with E-state index >= 15 is 0 Å². The Morgan fingerprint density at radius 3 is 2.51 bits per heavy atom. The number of carbonyl (C=O) groups excluding carboxylic acids is 1. The van der Waals surface area contributed by atoms with Crippen molar-refractivity contribution in [2.75, 3.05) is 37.0 Å². The highest BCUT2D eigenvalue weighted by molar-refractivity contribution is 7.99. The number of carbonyl (C=O) groups is 1. The summed E-state index contributed by atoms with van der Waals surface area (Å²) in [4.78, 5) is 15.5. The van der Waals surface area contributed by atoms with Gasteiger partial charge in [0.15, 0.2) is 16.8 Å². The molecule has 0 aliphatic carbocycles. The monoisotopic (exact) mass is 492 g/mol. The van der Waals surface area contributed by atoms with Gasteiger partial charge in [0.25, 0.3) is 0 Å². The second-order valence-corrected chi connectivity index (χ2v) is 9.57. The molecule has 5 rings (SSSR count). The zero-order valence-electron chi connectivity index (χ0n) is 20.3. The number of hydrogen-bond acceptors (Lipinski definition) is 8. The lowest BCUT2D eigenvalue weighted by Crippen LogP contribution is -2.38. The Hall–Kier alpha value is -3.37. The first-order chi connectivity index (χ1) is 16.9. The first-order valence-electron chi connectivity index (χ1n) is 11.6. The number of anilines is 1. The predicted molar refractivity (Wildman–Crippen MR) is 134 cm³/mol. The Labute approximate surface area is 208 Å². The maximum Gasteiger partial charge on any atom is 0.232 e. The van der Waals surface area contributed by atoms with Gasteiger partial charge in [0.2, 0.25) is 5.95 Å². The van der Waals surface area contributed by atoms with Gasteiger partial charge in [0, 0.05) is 36.1 Å². The van der Waals surface area contributed by atoms with Crippen LogP contribution in [0, 0.1) is 27.7 Å². The van der Waals surface area contributed by atoms with Crippen LogP contribution in [-0.4, -0.2) is 62.3 Å². The molecule has 0 N–H and O–H groups in total. The Balaban J connectivity index is 1.43. The Kier molecular flexibility index (Phi) is 6.48. The fourth-order valence-corrected chi connectivity index (χ4v) is 5.24. The summed E-state index contributed by atoms with van der Waals surface area (Å²) in [6.07, 6.45) is 0. The van der Waals surface area contributed by atoms with E-state index in [1.54, 1.807) is 0 Å². The quantitative estimate of drug-likeness (QED) is 0.281. The van der Waals surface area contributed by atoms with E-state index in [0.717, 1.165) is 47.4 Å². The number of ketones is 1. The third-order valence-electron chi connectivity index (χ3n) is 6.18. The van der Waals surface area contributed by atoms with Crippen LogP contribution in [0.25, 0.3) is 11.5 Å². The van der Waals surface area contributed by atoms with Crippen molar-refractivity contribution in [2.45, 2.75) is 32.9 Å². The van der Waals surface area contributed by atoms with Crippen LogP contribution in [0.1, 0.15) is 33.1 Å². The molecule has 182 valence electrons. The van der Waals surface area contributed by atoms with E-state index in [1.807, 2.05) is 49.6 Å². The maximum absolute atomic E-state index is 13.3. The van der Waals surface area contributed by atoms with Gasteiger partial charge in [-0.15, -0.1) is 10.2 Å². The number of Topliss-reactive ketones (excluding diaryl/α,β-unsaturated/α-hetero) is 1. The number of hydrogen-bond donors (Lipinski definition) is 0. The molecule has 1 aliphatic rings. The molecule has 0 spiro atoms. The minimum absolute atomic E-state index is 0.0295. The van der Waals surface area contributed by atoms with Crippen molar-refractivity contribution in [2.24, 2.45) is 0 Å². The summed E-state index contributed by atoms with van der Waals surface area (Å²) < 4.78 is 14.8. The molecule has 1 fully saturated rings. The molecule has 4 heterocycles. The smallest absolute Gasteiger partial charge is 0.232 e. The SMILES string of the molecule is Cc1cc(-n2c(C)cc(C(=O)CSc3nnc(N4CCOCC4)n3-c3ccccc3C)c2C)no1. The number of nitrogens with zero attached hydrogens (tertiary/aromatic N) is 6. The van der Waals surface area contributed by atoms with Crippen molar-refractivity contribution in [3.63, 3.8) is 0 Å². The van der Waals surface area contributed by atoms with Crippen LogP contribution in [-0.2, 0) is 4.74 Å². The maximum atomic E-state index is 13.3. The van der Waals surface area contributed by atoms with Crippen molar-refractivity contribution < 1.29 is 14.1 Å². The number of aryl methyl sites for hydroxylation is 3. The first-order valence-corrected chi connectivity index (χ1v) is 12.6. The first kappa shape index (κ1) is 23.4. The van der Waals surface area contributed by atoms with Crippen molar-refractivity contribution in [1.29, 1.82) is 0 Å². The number of thioether (sulfide) groups is 1. The average molecular weight is 493 g/mol. The average Bonchev–Trinajstić information content (AvgIpc) is 3.55. The van der Waals surface area contributed by atoms with Crippen LogP contribution in [0.2, 0.25) is 0 Å². The van der Waals surface area contributed by atoms with Gasteiger partial charge in [-0.25, -0.2) is 0 Å². The molecule has 4 aromatic rings. The molecular formula is C25H28N6O3S. The van der Waals surface area contributed by atoms with E-state index in [0.29, 0.717) is 29.8 Å². The Bertz CT molecular complexity index is 1370. The van der Waals surface area contributed by atoms with Gasteiger partial charge in [-0.05, 0) is 45.4 Å². The highest BCUT2D eigenvalue weighted by atomic mass is 32.2. The fourth-order valence-electron chi connectivity index (χ4n) is 4.41. The van der Waals surface area contributed by atoms with Crippen LogP contribution >= 0.6 is 11.8 Å². The lowest BCUT2D eigenvalue weighted by Gasteiger charge is -2.28. The van der Waals surface area contributed by atoms with Crippen molar-refractivity contribution in [3.8, 4) is 11.5 Å². The molecule has 0 amide bonds. The number of benzene rings is 1. The highest BCUT2D eigenvalue weighted by Crippen LogP contribution is 2.30. The summed E-state index contributed by atoms with van der Waals surface area (Å²) >= 11 is 1.40. The van der Waals surface area contributed by atoms with Crippen LogP contribution in [0.4, 0.5) is 5.95 Å². The fraction of sp³-hybridized carbons (Fsp3) is 0.360. The molecular weight excluding hydrogens is 464 g/mol. The molecule has 3 aromatic heterocycles. The van der Waals surface area contributed by atoms with E-state index in [2.05, 4.69) is 43.9 Å². The van der Waals surface area contributed by atoms with Crippen LogP contribution in [0.5, 0.6) is 0 Å². The van der Waals surface area contributed by atoms with Gasteiger partial charge < -0.3 is 14.2 Å². The Morgan fingerprint density at radius 2 is 1.80 bits per heavy atom. The molecule has 0 atom stereocenters. The summed E-state index contributed by atoms with van der Waals surface area (Å²) in [5.74, 6) is 2.45. The molecule has 9 nitrogen and oxygen atoms in total. The van der Waals surface area contributed by atoms with Crippen LogP contribution < -0.4 is 4.90 Å². The van der Waals surface area contributed by atoms with Crippen molar-refractivity contribution in [3.05, 3.63) is 64.7 Å². The van der Waals surface area contributed by atoms with Crippen molar-refractivity contribution in [1.82, 2.24) is 24.5 Å². The summed E-state index contributed by atoms with van der Waals surface area (Å²) in [7, 11) is 0. The number of aromatic nitrogens is 5. The summed E-state index contributed by atoms with van der Waals surface area (Å²) in [5, 5.41) is 13.8. The van der Waals surface area contributed by atoms with Gasteiger partial charge in [0.1, 0.15) is 5.76 Å². The van der Waals surface area contributed by atoms with E-state index in [4.69, 9.17) is 9.26 Å². The Morgan fingerprint density at radius 1 is 1.03 bits per heavy atom. The largest absolute Gasteiger partial charge is 0.378 e. The topological polar surface area (TPSA) is 91.2 Å². The summed E-state index contributed by atoms with van der Waals surface area (Å²) in [5.41, 5.74) is 4.57. The molecule has 1 saturated heterocycles. The zero-order chi connectivity index (χ0) is 24.5. The van der Waals surface area contributed by atoms with Gasteiger partial charge in [-0.2, -0.15) is 0 Å². The van der Waals surface area contributed by atoms with Crippen LogP contribution in [0.3, 0.4) is 0 Å². The van der Waals surface area contributed by atoms with Crippen LogP contribution in [0.15, 0.2) is 46.1 Å². The molecule has 0 unspecified atom stereocenters. The zero-order valence-corrected chi connectivity index (χ0v) is 21.1. The van der Waals surface area contributed by atoms with E-state index in [-0.39, 0.29) is 11.5 Å².